The molecule has 0 unspecified atom stereocenters. The van der Waals surface area contributed by atoms with E-state index in [2.05, 4.69) is 9.69 Å². The number of aryl methyl sites for hydroxylation is 1. The number of ether oxygens (including phenoxy) is 2. The summed E-state index contributed by atoms with van der Waals surface area (Å²) in [6.45, 7) is 5.38. The average molecular weight is 552 g/mol. The first kappa shape index (κ1) is 28.1. The zero-order valence-corrected chi connectivity index (χ0v) is 22.8. The smallest absolute Gasteiger partial charge is 0.273 e. The number of carbonyl (C=O) groups is 3. The zero-order valence-electron chi connectivity index (χ0n) is 22.0. The molecule has 0 saturated carbocycles. The van der Waals surface area contributed by atoms with E-state index in [4.69, 9.17) is 20.9 Å². The van der Waals surface area contributed by atoms with Gasteiger partial charge in [-0.1, -0.05) is 31.2 Å². The van der Waals surface area contributed by atoms with Crippen molar-refractivity contribution < 1.29 is 23.9 Å². The molecule has 0 aliphatic carbocycles. The van der Waals surface area contributed by atoms with Crippen LogP contribution in [0.2, 0.25) is 0 Å². The summed E-state index contributed by atoms with van der Waals surface area (Å²) in [5.74, 6) is -1.16. The minimum absolute atomic E-state index is 0.0197. The van der Waals surface area contributed by atoms with E-state index in [1.165, 1.54) is 4.90 Å². The van der Waals surface area contributed by atoms with Crippen LogP contribution in [0.15, 0.2) is 48.5 Å². The van der Waals surface area contributed by atoms with Crippen molar-refractivity contribution >= 4 is 40.6 Å². The summed E-state index contributed by atoms with van der Waals surface area (Å²) in [6, 6.07) is 13.3. The lowest BCUT2D eigenvalue weighted by Crippen LogP contribution is -2.45. The van der Waals surface area contributed by atoms with Gasteiger partial charge >= 0.3 is 0 Å². The van der Waals surface area contributed by atoms with Gasteiger partial charge in [-0.3, -0.25) is 19.3 Å². The number of anilines is 2. The molecular formula is C28H33N5O5S. The molecule has 0 radical (unpaired) electrons. The fourth-order valence-electron chi connectivity index (χ4n) is 4.46. The van der Waals surface area contributed by atoms with Crippen LogP contribution in [0.5, 0.6) is 5.75 Å². The quantitative estimate of drug-likeness (QED) is 0.330. The third-order valence-corrected chi connectivity index (χ3v) is 7.39. The van der Waals surface area contributed by atoms with Crippen LogP contribution in [0.25, 0.3) is 0 Å². The number of nitrogens with zero attached hydrogens (tertiary/aromatic N) is 2. The van der Waals surface area contributed by atoms with Gasteiger partial charge in [0.2, 0.25) is 5.91 Å². The van der Waals surface area contributed by atoms with Crippen molar-refractivity contribution in [2.75, 3.05) is 30.4 Å². The van der Waals surface area contributed by atoms with Gasteiger partial charge in [-0.25, -0.2) is 0 Å². The summed E-state index contributed by atoms with van der Waals surface area (Å²) in [5, 5.41) is 2.97. The van der Waals surface area contributed by atoms with Crippen molar-refractivity contribution in [1.82, 2.24) is 9.69 Å². The van der Waals surface area contributed by atoms with Crippen LogP contribution in [0, 0.1) is 0 Å². The third kappa shape index (κ3) is 6.37. The molecule has 5 N–H and O–H groups in total. The average Bonchev–Trinajstić information content (AvgIpc) is 3.60. The minimum Gasteiger partial charge on any atom is -0.494 e. The Bertz CT molecular complexity index is 1300. The van der Waals surface area contributed by atoms with Crippen LogP contribution >= 0.6 is 11.5 Å². The number of benzene rings is 2. The van der Waals surface area contributed by atoms with Gasteiger partial charge in [0.25, 0.3) is 11.8 Å². The highest BCUT2D eigenvalue weighted by molar-refractivity contribution is 7.09. The molecule has 10 nitrogen and oxygen atoms in total. The molecule has 0 bridgehead atoms. The van der Waals surface area contributed by atoms with E-state index in [-0.39, 0.29) is 28.3 Å². The second-order valence-electron chi connectivity index (χ2n) is 9.12. The van der Waals surface area contributed by atoms with E-state index in [0.29, 0.717) is 36.8 Å². The van der Waals surface area contributed by atoms with Gasteiger partial charge in [-0.15, -0.1) is 0 Å². The predicted molar refractivity (Wildman–Crippen MR) is 150 cm³/mol. The summed E-state index contributed by atoms with van der Waals surface area (Å²) in [4.78, 5) is 41.2. The third-order valence-electron chi connectivity index (χ3n) is 6.54. The Kier molecular flexibility index (Phi) is 9.15. The van der Waals surface area contributed by atoms with E-state index in [1.807, 2.05) is 26.0 Å². The van der Waals surface area contributed by atoms with E-state index in [0.717, 1.165) is 36.4 Å². The largest absolute Gasteiger partial charge is 0.494 e. The predicted octanol–water partition coefficient (Wildman–Crippen LogP) is 3.47. The number of nitrogens with one attached hydrogen (secondary N) is 1. The maximum atomic E-state index is 14.1. The number of carbonyl (C=O) groups excluding carboxylic acids is 3. The standard InChI is InChI=1S/C28H33N5O5S/c1-3-17-7-11-19(12-8-17)33(28(36)25-22(29)23(26(30)34)32-39-25)24(18-9-13-20(14-10-18)37-4-2)27(35)31-16-21-6-5-15-38-21/h7-14,21,24H,3-6,15-16,29H2,1-2H3,(H2,30,34)(H,31,35)/t21-,24+/m0/s1. The van der Waals surface area contributed by atoms with Crippen LogP contribution in [-0.4, -0.2) is 48.0 Å². The Morgan fingerprint density at radius 3 is 2.44 bits per heavy atom. The molecular weight excluding hydrogens is 518 g/mol. The Morgan fingerprint density at radius 1 is 1.15 bits per heavy atom. The number of primary amides is 1. The highest BCUT2D eigenvalue weighted by Gasteiger charge is 2.36. The number of rotatable bonds is 11. The van der Waals surface area contributed by atoms with Crippen molar-refractivity contribution in [1.29, 1.82) is 0 Å². The van der Waals surface area contributed by atoms with Gasteiger partial charge in [0.15, 0.2) is 5.69 Å². The van der Waals surface area contributed by atoms with Crippen molar-refractivity contribution in [2.24, 2.45) is 5.73 Å². The fraction of sp³-hybridized carbons (Fsp3) is 0.357. The number of nitrogen functional groups attached to an aromatic ring is 1. The molecule has 1 aliphatic rings. The second kappa shape index (κ2) is 12.7. The molecule has 1 fully saturated rings. The van der Waals surface area contributed by atoms with Gasteiger partial charge in [0.05, 0.1) is 18.4 Å². The molecule has 2 aromatic carbocycles. The lowest BCUT2D eigenvalue weighted by molar-refractivity contribution is -0.123. The van der Waals surface area contributed by atoms with Gasteiger partial charge < -0.3 is 26.3 Å². The first-order chi connectivity index (χ1) is 18.8. The summed E-state index contributed by atoms with van der Waals surface area (Å²) in [6.07, 6.45) is 2.51. The van der Waals surface area contributed by atoms with Gasteiger partial charge in [0, 0.05) is 18.8 Å². The molecule has 206 valence electrons. The van der Waals surface area contributed by atoms with Crippen molar-refractivity contribution in [3.63, 3.8) is 0 Å². The maximum Gasteiger partial charge on any atom is 0.273 e. The molecule has 1 saturated heterocycles. The fourth-order valence-corrected chi connectivity index (χ4v) is 5.20. The summed E-state index contributed by atoms with van der Waals surface area (Å²) in [5.41, 5.74) is 13.4. The minimum atomic E-state index is -1.07. The Balaban J connectivity index is 1.80. The monoisotopic (exact) mass is 551 g/mol. The van der Waals surface area contributed by atoms with Crippen LogP contribution in [0.4, 0.5) is 11.4 Å². The molecule has 4 rings (SSSR count). The van der Waals surface area contributed by atoms with Gasteiger partial charge in [-0.05, 0) is 73.1 Å². The molecule has 3 amide bonds. The van der Waals surface area contributed by atoms with Crippen LogP contribution < -0.4 is 26.4 Å². The van der Waals surface area contributed by atoms with E-state index >= 15 is 0 Å². The Morgan fingerprint density at radius 2 is 1.87 bits per heavy atom. The lowest BCUT2D eigenvalue weighted by atomic mass is 10.0. The number of aromatic nitrogens is 1. The van der Waals surface area contributed by atoms with E-state index in [1.54, 1.807) is 36.4 Å². The van der Waals surface area contributed by atoms with E-state index in [9.17, 15) is 14.4 Å². The van der Waals surface area contributed by atoms with Crippen LogP contribution in [0.1, 0.15) is 64.0 Å². The van der Waals surface area contributed by atoms with Crippen LogP contribution in [0.3, 0.4) is 0 Å². The molecule has 2 atom stereocenters. The highest BCUT2D eigenvalue weighted by Crippen LogP contribution is 2.34. The first-order valence-corrected chi connectivity index (χ1v) is 13.7. The molecule has 11 heteroatoms. The highest BCUT2D eigenvalue weighted by atomic mass is 32.1. The van der Waals surface area contributed by atoms with Crippen molar-refractivity contribution in [3.8, 4) is 5.75 Å². The van der Waals surface area contributed by atoms with Crippen molar-refractivity contribution in [3.05, 3.63) is 70.2 Å². The SMILES string of the molecule is CCOc1ccc([C@H](C(=O)NC[C@@H]2CCCO2)N(C(=O)c2snc(C(N)=O)c2N)c2ccc(CC)cc2)cc1. The van der Waals surface area contributed by atoms with E-state index < -0.39 is 17.9 Å². The summed E-state index contributed by atoms with van der Waals surface area (Å²) >= 11 is 0.772. The molecule has 2 heterocycles. The Labute approximate surface area is 231 Å². The topological polar surface area (TPSA) is 150 Å². The molecule has 0 spiro atoms. The molecule has 39 heavy (non-hydrogen) atoms. The van der Waals surface area contributed by atoms with Crippen LogP contribution in [-0.2, 0) is 16.0 Å². The maximum absolute atomic E-state index is 14.1. The number of hydrogen-bond acceptors (Lipinski definition) is 8. The molecule has 1 aliphatic heterocycles. The summed E-state index contributed by atoms with van der Waals surface area (Å²) < 4.78 is 15.3. The summed E-state index contributed by atoms with van der Waals surface area (Å²) in [7, 11) is 0. The Hall–Kier alpha value is -3.96. The van der Waals surface area contributed by atoms with Gasteiger partial charge in [0.1, 0.15) is 16.7 Å². The lowest BCUT2D eigenvalue weighted by Gasteiger charge is -2.31. The second-order valence-corrected chi connectivity index (χ2v) is 9.89. The zero-order chi connectivity index (χ0) is 27.9. The number of amides is 3. The van der Waals surface area contributed by atoms with Gasteiger partial charge in [-0.2, -0.15) is 4.37 Å². The molecule has 3 aromatic rings. The first-order valence-electron chi connectivity index (χ1n) is 12.9. The number of nitrogens with two attached hydrogens (primary N) is 2. The molecule has 1 aromatic heterocycles. The normalized spacial score (nSPS) is 15.5. The van der Waals surface area contributed by atoms with Crippen molar-refractivity contribution in [2.45, 2.75) is 45.3 Å². The number of hydrogen-bond donors (Lipinski definition) is 3.